The van der Waals surface area contributed by atoms with Crippen LogP contribution in [0.15, 0.2) is 22.7 Å². The van der Waals surface area contributed by atoms with E-state index < -0.39 is 4.92 Å². The Morgan fingerprint density at radius 2 is 2.38 bits per heavy atom. The van der Waals surface area contributed by atoms with E-state index in [1.807, 2.05) is 13.0 Å². The predicted molar refractivity (Wildman–Crippen MR) is 56.4 cm³/mol. The highest BCUT2D eigenvalue weighted by Gasteiger charge is 2.19. The maximum atomic E-state index is 10.5. The molecular weight excluding hydrogens is 234 g/mol. The SMILES string of the molecule is Cc1ccc(Cn2cc(Cl)c([N+](=O)[O-])n2)o1. The molecule has 7 heteroatoms. The van der Waals surface area contributed by atoms with E-state index in [1.54, 1.807) is 6.07 Å². The normalized spacial score (nSPS) is 10.6. The molecule has 16 heavy (non-hydrogen) atoms. The Kier molecular flexibility index (Phi) is 2.66. The second-order valence-corrected chi connectivity index (χ2v) is 3.67. The van der Waals surface area contributed by atoms with E-state index in [1.165, 1.54) is 10.9 Å². The quantitative estimate of drug-likeness (QED) is 0.611. The van der Waals surface area contributed by atoms with Crippen LogP contribution in [0.1, 0.15) is 11.5 Å². The number of rotatable bonds is 3. The molecule has 0 atom stereocenters. The lowest BCUT2D eigenvalue weighted by molar-refractivity contribution is -0.389. The predicted octanol–water partition coefficient (Wildman–Crippen LogP) is 2.39. The van der Waals surface area contributed by atoms with Crippen molar-refractivity contribution < 1.29 is 9.34 Å². The molecule has 0 spiro atoms. The Morgan fingerprint density at radius 1 is 1.62 bits per heavy atom. The third kappa shape index (κ3) is 2.06. The van der Waals surface area contributed by atoms with Gasteiger partial charge in [0.05, 0.1) is 11.3 Å². The van der Waals surface area contributed by atoms with E-state index in [9.17, 15) is 10.1 Å². The fourth-order valence-corrected chi connectivity index (χ4v) is 1.54. The second-order valence-electron chi connectivity index (χ2n) is 3.27. The molecule has 0 amide bonds. The van der Waals surface area contributed by atoms with Gasteiger partial charge in [-0.25, -0.2) is 0 Å². The fourth-order valence-electron chi connectivity index (χ4n) is 1.32. The summed E-state index contributed by atoms with van der Waals surface area (Å²) in [5.41, 5.74) is 0. The van der Waals surface area contributed by atoms with E-state index in [0.717, 1.165) is 5.76 Å². The third-order valence-corrected chi connectivity index (χ3v) is 2.25. The highest BCUT2D eigenvalue weighted by atomic mass is 35.5. The number of nitro groups is 1. The van der Waals surface area contributed by atoms with Gasteiger partial charge in [0.1, 0.15) is 18.1 Å². The van der Waals surface area contributed by atoms with Crippen molar-refractivity contribution in [3.8, 4) is 0 Å². The third-order valence-electron chi connectivity index (χ3n) is 1.99. The van der Waals surface area contributed by atoms with Gasteiger partial charge in [0, 0.05) is 0 Å². The summed E-state index contributed by atoms with van der Waals surface area (Å²) in [5, 5.41) is 14.3. The van der Waals surface area contributed by atoms with Crippen LogP contribution in [0.25, 0.3) is 0 Å². The molecule has 0 saturated carbocycles. The van der Waals surface area contributed by atoms with E-state index in [-0.39, 0.29) is 10.8 Å². The Hall–Kier alpha value is -1.82. The first-order valence-corrected chi connectivity index (χ1v) is 4.86. The van der Waals surface area contributed by atoms with Gasteiger partial charge in [-0.15, -0.1) is 0 Å². The van der Waals surface area contributed by atoms with Gasteiger partial charge in [-0.05, 0) is 24.0 Å². The van der Waals surface area contributed by atoms with Crippen LogP contribution in [0.2, 0.25) is 5.02 Å². The van der Waals surface area contributed by atoms with Crippen LogP contribution < -0.4 is 0 Å². The average Bonchev–Trinajstić information content (AvgIpc) is 2.73. The van der Waals surface area contributed by atoms with Crippen molar-refractivity contribution in [1.82, 2.24) is 9.78 Å². The minimum absolute atomic E-state index is 0.0216. The van der Waals surface area contributed by atoms with Crippen molar-refractivity contribution in [2.24, 2.45) is 0 Å². The molecule has 2 aromatic rings. The molecular formula is C9H8ClN3O3. The van der Waals surface area contributed by atoms with Crippen LogP contribution in [-0.2, 0) is 6.54 Å². The summed E-state index contributed by atoms with van der Waals surface area (Å²) in [4.78, 5) is 9.89. The molecule has 0 aliphatic rings. The number of furan rings is 1. The van der Waals surface area contributed by atoms with Crippen LogP contribution in [0.4, 0.5) is 5.82 Å². The first-order chi connectivity index (χ1) is 7.56. The van der Waals surface area contributed by atoms with E-state index in [4.69, 9.17) is 16.0 Å². The van der Waals surface area contributed by atoms with Gasteiger partial charge in [-0.3, -0.25) is 0 Å². The molecule has 2 heterocycles. The van der Waals surface area contributed by atoms with Crippen molar-refractivity contribution in [2.75, 3.05) is 0 Å². The second kappa shape index (κ2) is 3.97. The van der Waals surface area contributed by atoms with Crippen molar-refractivity contribution >= 4 is 17.4 Å². The number of aromatic nitrogens is 2. The summed E-state index contributed by atoms with van der Waals surface area (Å²) in [6, 6.07) is 3.60. The van der Waals surface area contributed by atoms with Crippen molar-refractivity contribution in [3.05, 3.63) is 45.0 Å². The van der Waals surface area contributed by atoms with E-state index >= 15 is 0 Å². The van der Waals surface area contributed by atoms with Gasteiger partial charge < -0.3 is 14.5 Å². The lowest BCUT2D eigenvalue weighted by Crippen LogP contribution is -2.00. The zero-order valence-electron chi connectivity index (χ0n) is 8.38. The molecule has 0 unspecified atom stereocenters. The smallest absolute Gasteiger partial charge is 0.408 e. The Bertz CT molecular complexity index is 532. The monoisotopic (exact) mass is 241 g/mol. The Morgan fingerprint density at radius 3 is 2.88 bits per heavy atom. The molecule has 0 N–H and O–H groups in total. The molecule has 0 aliphatic heterocycles. The van der Waals surface area contributed by atoms with Gasteiger partial charge in [0.25, 0.3) is 0 Å². The minimum atomic E-state index is -0.619. The summed E-state index contributed by atoms with van der Waals surface area (Å²) in [7, 11) is 0. The van der Waals surface area contributed by atoms with Gasteiger partial charge in [-0.1, -0.05) is 11.6 Å². The lowest BCUT2D eigenvalue weighted by atomic mass is 10.4. The number of halogens is 1. The van der Waals surface area contributed by atoms with Gasteiger partial charge >= 0.3 is 5.82 Å². The van der Waals surface area contributed by atoms with Crippen LogP contribution in [0.5, 0.6) is 0 Å². The summed E-state index contributed by atoms with van der Waals surface area (Å²) in [5.74, 6) is 1.11. The highest BCUT2D eigenvalue weighted by molar-refractivity contribution is 6.32. The minimum Gasteiger partial charge on any atom is -0.464 e. The first kappa shape index (κ1) is 10.7. The van der Waals surface area contributed by atoms with E-state index in [2.05, 4.69) is 5.10 Å². The zero-order valence-corrected chi connectivity index (χ0v) is 9.14. The van der Waals surface area contributed by atoms with Gasteiger partial charge in [0.15, 0.2) is 5.02 Å². The largest absolute Gasteiger partial charge is 0.464 e. The number of hydrogen-bond donors (Lipinski definition) is 0. The molecule has 0 radical (unpaired) electrons. The Labute approximate surface area is 95.6 Å². The molecule has 0 saturated heterocycles. The molecule has 0 bridgehead atoms. The number of nitrogens with zero attached hydrogens (tertiary/aromatic N) is 3. The van der Waals surface area contributed by atoms with Crippen LogP contribution in [0.3, 0.4) is 0 Å². The lowest BCUT2D eigenvalue weighted by Gasteiger charge is -1.91. The maximum absolute atomic E-state index is 10.5. The van der Waals surface area contributed by atoms with Crippen LogP contribution >= 0.6 is 11.6 Å². The standard InChI is InChI=1S/C9H8ClN3O3/c1-6-2-3-7(16-6)4-12-5-8(10)9(11-12)13(14)15/h2-3,5H,4H2,1H3. The van der Waals surface area contributed by atoms with Crippen molar-refractivity contribution in [1.29, 1.82) is 0 Å². The zero-order chi connectivity index (χ0) is 11.7. The van der Waals surface area contributed by atoms with Crippen molar-refractivity contribution in [2.45, 2.75) is 13.5 Å². The summed E-state index contributed by atoms with van der Waals surface area (Å²) in [6.45, 7) is 2.14. The van der Waals surface area contributed by atoms with Crippen molar-refractivity contribution in [3.63, 3.8) is 0 Å². The number of aryl methyl sites for hydroxylation is 1. The summed E-state index contributed by atoms with van der Waals surface area (Å²) < 4.78 is 6.70. The van der Waals surface area contributed by atoms with Crippen LogP contribution in [-0.4, -0.2) is 14.7 Å². The molecule has 2 rings (SSSR count). The average molecular weight is 242 g/mol. The highest BCUT2D eigenvalue weighted by Crippen LogP contribution is 2.22. The van der Waals surface area contributed by atoms with Gasteiger partial charge in [-0.2, -0.15) is 4.68 Å². The van der Waals surface area contributed by atoms with Gasteiger partial charge in [0.2, 0.25) is 0 Å². The molecule has 0 aromatic carbocycles. The van der Waals surface area contributed by atoms with Crippen LogP contribution in [0, 0.1) is 17.0 Å². The topological polar surface area (TPSA) is 74.1 Å². The molecule has 0 fully saturated rings. The molecule has 84 valence electrons. The maximum Gasteiger partial charge on any atom is 0.408 e. The molecule has 2 aromatic heterocycles. The molecule has 0 aliphatic carbocycles. The summed E-state index contributed by atoms with van der Waals surface area (Å²) >= 11 is 5.66. The first-order valence-electron chi connectivity index (χ1n) is 4.49. The number of hydrogen-bond acceptors (Lipinski definition) is 4. The Balaban J connectivity index is 2.22. The molecule has 6 nitrogen and oxygen atoms in total. The fraction of sp³-hybridized carbons (Fsp3) is 0.222. The van der Waals surface area contributed by atoms with E-state index in [0.29, 0.717) is 12.3 Å². The summed E-state index contributed by atoms with van der Waals surface area (Å²) in [6.07, 6.45) is 1.40.